The van der Waals surface area contributed by atoms with Crippen LogP contribution >= 0.6 is 11.3 Å². The highest BCUT2D eigenvalue weighted by Crippen LogP contribution is 2.22. The number of aromatic nitrogens is 1. The lowest BCUT2D eigenvalue weighted by Crippen LogP contribution is -2.36. The van der Waals surface area contributed by atoms with E-state index in [1.807, 2.05) is 26.3 Å². The van der Waals surface area contributed by atoms with Crippen LogP contribution in [-0.2, 0) is 20.8 Å². The molecular formula is C15H24N2O3S. The van der Waals surface area contributed by atoms with E-state index in [9.17, 15) is 4.79 Å². The predicted octanol–water partition coefficient (Wildman–Crippen LogP) is 2.63. The summed E-state index contributed by atoms with van der Waals surface area (Å²) in [5.41, 5.74) is 0.925. The van der Waals surface area contributed by atoms with Crippen LogP contribution in [0.2, 0.25) is 0 Å². The van der Waals surface area contributed by atoms with Crippen LogP contribution in [0, 0.1) is 5.92 Å². The van der Waals surface area contributed by atoms with Gasteiger partial charge in [-0.2, -0.15) is 0 Å². The highest BCUT2D eigenvalue weighted by molar-refractivity contribution is 7.09. The van der Waals surface area contributed by atoms with Crippen LogP contribution in [0.15, 0.2) is 5.38 Å². The molecule has 118 valence electrons. The summed E-state index contributed by atoms with van der Waals surface area (Å²) in [5.74, 6) is 0.159. The first kappa shape index (κ1) is 16.4. The van der Waals surface area contributed by atoms with Crippen LogP contribution in [-0.4, -0.2) is 42.7 Å². The number of carbonyl (C=O) groups is 1. The smallest absolute Gasteiger partial charge is 0.228 e. The second-order valence-electron chi connectivity index (χ2n) is 5.38. The van der Waals surface area contributed by atoms with Crippen LogP contribution < -0.4 is 0 Å². The molecule has 0 bridgehead atoms. The SMILES string of the molecule is CCO[C@H](C)c1nc(CN(C)C(=O)[C@H]2CCCOC2)cs1. The van der Waals surface area contributed by atoms with Crippen molar-refractivity contribution < 1.29 is 14.3 Å². The number of amides is 1. The molecule has 2 heterocycles. The molecule has 1 saturated heterocycles. The molecule has 1 aliphatic rings. The van der Waals surface area contributed by atoms with Gasteiger partial charge in [0, 0.05) is 25.6 Å². The Morgan fingerprint density at radius 1 is 1.67 bits per heavy atom. The van der Waals surface area contributed by atoms with Gasteiger partial charge >= 0.3 is 0 Å². The predicted molar refractivity (Wildman–Crippen MR) is 82.2 cm³/mol. The number of nitrogens with zero attached hydrogens (tertiary/aromatic N) is 2. The van der Waals surface area contributed by atoms with Crippen LogP contribution in [0.1, 0.15) is 43.5 Å². The molecule has 0 spiro atoms. The Morgan fingerprint density at radius 2 is 2.48 bits per heavy atom. The van der Waals surface area contributed by atoms with Crippen molar-refractivity contribution in [2.45, 2.75) is 39.3 Å². The molecule has 5 nitrogen and oxygen atoms in total. The Kier molecular flexibility index (Phi) is 6.14. The number of ether oxygens (including phenoxy) is 2. The van der Waals surface area contributed by atoms with E-state index < -0.39 is 0 Å². The Labute approximate surface area is 130 Å². The number of hydrogen-bond acceptors (Lipinski definition) is 5. The molecule has 0 unspecified atom stereocenters. The summed E-state index contributed by atoms with van der Waals surface area (Å²) in [6, 6.07) is 0. The highest BCUT2D eigenvalue weighted by atomic mass is 32.1. The Hall–Kier alpha value is -0.980. The average Bonchev–Trinajstić information content (AvgIpc) is 2.96. The summed E-state index contributed by atoms with van der Waals surface area (Å²) < 4.78 is 10.9. The zero-order valence-corrected chi connectivity index (χ0v) is 13.8. The summed E-state index contributed by atoms with van der Waals surface area (Å²) in [6.07, 6.45) is 1.91. The second-order valence-corrected chi connectivity index (χ2v) is 6.27. The van der Waals surface area contributed by atoms with Crippen molar-refractivity contribution in [3.05, 3.63) is 16.1 Å². The minimum Gasteiger partial charge on any atom is -0.381 e. The van der Waals surface area contributed by atoms with E-state index in [-0.39, 0.29) is 17.9 Å². The van der Waals surface area contributed by atoms with Gasteiger partial charge in [-0.3, -0.25) is 4.79 Å². The van der Waals surface area contributed by atoms with Crippen molar-refractivity contribution in [3.8, 4) is 0 Å². The number of carbonyl (C=O) groups excluding carboxylic acids is 1. The van der Waals surface area contributed by atoms with Gasteiger partial charge in [0.15, 0.2) is 0 Å². The lowest BCUT2D eigenvalue weighted by atomic mass is 10.0. The third kappa shape index (κ3) is 4.49. The molecule has 0 saturated carbocycles. The van der Waals surface area contributed by atoms with Crippen molar-refractivity contribution in [2.24, 2.45) is 5.92 Å². The molecule has 2 rings (SSSR count). The quantitative estimate of drug-likeness (QED) is 0.810. The van der Waals surface area contributed by atoms with Gasteiger partial charge in [-0.25, -0.2) is 4.98 Å². The molecule has 0 aromatic carbocycles. The molecule has 1 aliphatic heterocycles. The molecule has 0 aliphatic carbocycles. The molecule has 1 fully saturated rings. The van der Waals surface area contributed by atoms with Crippen LogP contribution in [0.4, 0.5) is 0 Å². The third-order valence-electron chi connectivity index (χ3n) is 3.62. The molecular weight excluding hydrogens is 288 g/mol. The van der Waals surface area contributed by atoms with Gasteiger partial charge in [-0.05, 0) is 26.7 Å². The van der Waals surface area contributed by atoms with Gasteiger partial charge in [-0.1, -0.05) is 0 Å². The zero-order chi connectivity index (χ0) is 15.2. The maximum Gasteiger partial charge on any atom is 0.228 e. The van der Waals surface area contributed by atoms with Gasteiger partial charge in [-0.15, -0.1) is 11.3 Å². The summed E-state index contributed by atoms with van der Waals surface area (Å²) in [6.45, 7) is 6.52. The van der Waals surface area contributed by atoms with Crippen molar-refractivity contribution in [1.29, 1.82) is 0 Å². The van der Waals surface area contributed by atoms with E-state index in [1.165, 1.54) is 0 Å². The van der Waals surface area contributed by atoms with Gasteiger partial charge < -0.3 is 14.4 Å². The van der Waals surface area contributed by atoms with E-state index in [0.717, 1.165) is 30.2 Å². The fraction of sp³-hybridized carbons (Fsp3) is 0.733. The Bertz CT molecular complexity index is 458. The van der Waals surface area contributed by atoms with Crippen molar-refractivity contribution in [3.63, 3.8) is 0 Å². The van der Waals surface area contributed by atoms with Gasteiger partial charge in [0.05, 0.1) is 24.8 Å². The number of rotatable bonds is 6. The standard InChI is InChI=1S/C15H24N2O3S/c1-4-20-11(2)14-16-13(10-21-14)8-17(3)15(18)12-6-5-7-19-9-12/h10-12H,4-9H2,1-3H3/t11-,12+/m1/s1. The molecule has 1 aromatic rings. The third-order valence-corrected chi connectivity index (χ3v) is 4.67. The number of hydrogen-bond donors (Lipinski definition) is 0. The second kappa shape index (κ2) is 7.87. The molecule has 0 N–H and O–H groups in total. The Balaban J connectivity index is 1.89. The van der Waals surface area contributed by atoms with E-state index in [1.54, 1.807) is 16.2 Å². The molecule has 6 heteroatoms. The maximum atomic E-state index is 12.3. The fourth-order valence-corrected chi connectivity index (χ4v) is 3.29. The fourth-order valence-electron chi connectivity index (χ4n) is 2.47. The lowest BCUT2D eigenvalue weighted by Gasteiger charge is -2.26. The summed E-state index contributed by atoms with van der Waals surface area (Å²) in [4.78, 5) is 18.7. The van der Waals surface area contributed by atoms with Crippen molar-refractivity contribution >= 4 is 17.2 Å². The topological polar surface area (TPSA) is 51.7 Å². The van der Waals surface area contributed by atoms with Gasteiger partial charge in [0.1, 0.15) is 11.1 Å². The van der Waals surface area contributed by atoms with Crippen molar-refractivity contribution in [1.82, 2.24) is 9.88 Å². The largest absolute Gasteiger partial charge is 0.381 e. The maximum absolute atomic E-state index is 12.3. The first-order valence-electron chi connectivity index (χ1n) is 7.50. The Morgan fingerprint density at radius 3 is 3.14 bits per heavy atom. The molecule has 0 radical (unpaired) electrons. The average molecular weight is 312 g/mol. The lowest BCUT2D eigenvalue weighted by molar-refractivity contribution is -0.138. The zero-order valence-electron chi connectivity index (χ0n) is 13.0. The molecule has 1 amide bonds. The highest BCUT2D eigenvalue weighted by Gasteiger charge is 2.25. The van der Waals surface area contributed by atoms with Gasteiger partial charge in [0.25, 0.3) is 0 Å². The van der Waals surface area contributed by atoms with Crippen LogP contribution in [0.25, 0.3) is 0 Å². The summed E-state index contributed by atoms with van der Waals surface area (Å²) in [7, 11) is 1.84. The van der Waals surface area contributed by atoms with Crippen LogP contribution in [0.3, 0.4) is 0 Å². The summed E-state index contributed by atoms with van der Waals surface area (Å²) >= 11 is 1.59. The van der Waals surface area contributed by atoms with Crippen molar-refractivity contribution in [2.75, 3.05) is 26.9 Å². The van der Waals surface area contributed by atoms with E-state index in [0.29, 0.717) is 19.8 Å². The van der Waals surface area contributed by atoms with E-state index in [2.05, 4.69) is 4.98 Å². The summed E-state index contributed by atoms with van der Waals surface area (Å²) in [5, 5.41) is 2.97. The van der Waals surface area contributed by atoms with E-state index in [4.69, 9.17) is 9.47 Å². The van der Waals surface area contributed by atoms with Crippen LogP contribution in [0.5, 0.6) is 0 Å². The monoisotopic (exact) mass is 312 g/mol. The molecule has 1 aromatic heterocycles. The molecule has 21 heavy (non-hydrogen) atoms. The normalized spacial score (nSPS) is 20.2. The minimum absolute atomic E-state index is 0.00389. The molecule has 2 atom stereocenters. The minimum atomic E-state index is 0.00389. The van der Waals surface area contributed by atoms with E-state index >= 15 is 0 Å². The first-order chi connectivity index (χ1) is 10.1. The first-order valence-corrected chi connectivity index (χ1v) is 8.38. The number of thiazole rings is 1. The van der Waals surface area contributed by atoms with Gasteiger partial charge in [0.2, 0.25) is 5.91 Å².